The predicted molar refractivity (Wildman–Crippen MR) is 119 cm³/mol. The monoisotopic (exact) mass is 458 g/mol. The summed E-state index contributed by atoms with van der Waals surface area (Å²) in [5.74, 6) is 0.699. The summed E-state index contributed by atoms with van der Waals surface area (Å²) in [4.78, 5) is -0.263. The second kappa shape index (κ2) is 8.33. The van der Waals surface area contributed by atoms with Crippen molar-refractivity contribution >= 4 is 25.7 Å². The highest BCUT2D eigenvalue weighted by molar-refractivity contribution is 7.93. The number of primary sulfonamides is 1. The molecule has 0 radical (unpaired) electrons. The lowest BCUT2D eigenvalue weighted by Gasteiger charge is -2.13. The van der Waals surface area contributed by atoms with Crippen molar-refractivity contribution in [2.24, 2.45) is 5.14 Å². The van der Waals surface area contributed by atoms with E-state index in [4.69, 9.17) is 9.88 Å². The SMILES string of the molecule is NS(=O)(=O)c1ccccc1NS(=O)(=O)CCc1ccc(C2Cc3ccccc3O2)cc1. The number of sulfonamides is 2. The van der Waals surface area contributed by atoms with Gasteiger partial charge < -0.3 is 4.74 Å². The molecule has 3 aromatic carbocycles. The lowest BCUT2D eigenvalue weighted by atomic mass is 10.0. The average molecular weight is 459 g/mol. The molecule has 0 bridgehead atoms. The van der Waals surface area contributed by atoms with E-state index in [9.17, 15) is 16.8 Å². The highest BCUT2D eigenvalue weighted by atomic mass is 32.2. The van der Waals surface area contributed by atoms with Crippen LogP contribution in [-0.2, 0) is 32.9 Å². The molecular weight excluding hydrogens is 436 g/mol. The van der Waals surface area contributed by atoms with Gasteiger partial charge in [0.1, 0.15) is 16.7 Å². The van der Waals surface area contributed by atoms with Crippen molar-refractivity contribution in [1.82, 2.24) is 0 Å². The lowest BCUT2D eigenvalue weighted by molar-refractivity contribution is 0.238. The Morgan fingerprint density at radius 3 is 2.29 bits per heavy atom. The van der Waals surface area contributed by atoms with Crippen LogP contribution in [0.15, 0.2) is 77.7 Å². The number of rotatable bonds is 7. The molecule has 162 valence electrons. The van der Waals surface area contributed by atoms with E-state index in [1.807, 2.05) is 42.5 Å². The van der Waals surface area contributed by atoms with Gasteiger partial charge >= 0.3 is 0 Å². The second-order valence-corrected chi connectivity index (χ2v) is 10.7. The number of hydrogen-bond acceptors (Lipinski definition) is 5. The third kappa shape index (κ3) is 5.07. The van der Waals surface area contributed by atoms with Gasteiger partial charge in [0.15, 0.2) is 0 Å². The molecule has 0 saturated carbocycles. The van der Waals surface area contributed by atoms with Crippen LogP contribution in [0.25, 0.3) is 0 Å². The third-order valence-corrected chi connectivity index (χ3v) is 7.36. The van der Waals surface area contributed by atoms with Gasteiger partial charge in [0.25, 0.3) is 0 Å². The van der Waals surface area contributed by atoms with E-state index in [1.54, 1.807) is 0 Å². The molecule has 0 fully saturated rings. The zero-order valence-electron chi connectivity index (χ0n) is 16.6. The molecule has 0 aromatic heterocycles. The predicted octanol–water partition coefficient (Wildman–Crippen LogP) is 2.99. The fourth-order valence-electron chi connectivity index (χ4n) is 3.54. The van der Waals surface area contributed by atoms with Crippen LogP contribution in [0.1, 0.15) is 22.8 Å². The van der Waals surface area contributed by atoms with Gasteiger partial charge in [-0.25, -0.2) is 22.0 Å². The minimum Gasteiger partial charge on any atom is -0.485 e. The fraction of sp³-hybridized carbons (Fsp3) is 0.182. The number of ether oxygens (including phenoxy) is 1. The summed E-state index contributed by atoms with van der Waals surface area (Å²) in [5.41, 5.74) is 3.00. The van der Waals surface area contributed by atoms with Crippen LogP contribution in [0.3, 0.4) is 0 Å². The first-order valence-electron chi connectivity index (χ1n) is 9.67. The molecule has 3 N–H and O–H groups in total. The van der Waals surface area contributed by atoms with Crippen LogP contribution in [0.5, 0.6) is 5.75 Å². The first kappa shape index (κ1) is 21.4. The Bertz CT molecular complexity index is 1280. The number of fused-ring (bicyclic) bond motifs is 1. The van der Waals surface area contributed by atoms with Crippen molar-refractivity contribution in [3.8, 4) is 5.75 Å². The zero-order chi connectivity index (χ0) is 22.1. The summed E-state index contributed by atoms with van der Waals surface area (Å²) < 4.78 is 56.6. The van der Waals surface area contributed by atoms with Crippen molar-refractivity contribution in [3.05, 3.63) is 89.5 Å². The molecule has 1 atom stereocenters. The fourth-order valence-corrected chi connectivity index (χ4v) is 5.41. The van der Waals surface area contributed by atoms with E-state index in [0.717, 1.165) is 23.3 Å². The van der Waals surface area contributed by atoms with Crippen LogP contribution in [0.2, 0.25) is 0 Å². The van der Waals surface area contributed by atoms with Gasteiger partial charge in [-0.3, -0.25) is 4.72 Å². The van der Waals surface area contributed by atoms with E-state index in [-0.39, 0.29) is 28.9 Å². The molecule has 7 nitrogen and oxygen atoms in total. The molecule has 3 aromatic rings. The van der Waals surface area contributed by atoms with Crippen molar-refractivity contribution < 1.29 is 21.6 Å². The second-order valence-electron chi connectivity index (χ2n) is 7.37. The van der Waals surface area contributed by atoms with Gasteiger partial charge in [0, 0.05) is 6.42 Å². The summed E-state index contributed by atoms with van der Waals surface area (Å²) in [6.45, 7) is 0. The van der Waals surface area contributed by atoms with Crippen molar-refractivity contribution in [1.29, 1.82) is 0 Å². The lowest BCUT2D eigenvalue weighted by Crippen LogP contribution is -2.21. The Hall–Kier alpha value is -2.88. The Labute approximate surface area is 182 Å². The van der Waals surface area contributed by atoms with Gasteiger partial charge in [0.05, 0.1) is 11.4 Å². The van der Waals surface area contributed by atoms with Crippen LogP contribution in [0, 0.1) is 0 Å². The summed E-state index contributed by atoms with van der Waals surface area (Å²) in [6.07, 6.45) is 1.03. The Morgan fingerprint density at radius 1 is 0.903 bits per heavy atom. The number of anilines is 1. The number of hydrogen-bond donors (Lipinski definition) is 2. The van der Waals surface area contributed by atoms with Gasteiger partial charge in [-0.1, -0.05) is 54.6 Å². The first-order valence-corrected chi connectivity index (χ1v) is 12.9. The van der Waals surface area contributed by atoms with E-state index in [2.05, 4.69) is 10.8 Å². The van der Waals surface area contributed by atoms with Gasteiger partial charge in [-0.2, -0.15) is 0 Å². The Balaban J connectivity index is 1.40. The highest BCUT2D eigenvalue weighted by Crippen LogP contribution is 2.36. The van der Waals surface area contributed by atoms with Crippen LogP contribution < -0.4 is 14.6 Å². The van der Waals surface area contributed by atoms with Crippen molar-refractivity contribution in [2.75, 3.05) is 10.5 Å². The van der Waals surface area contributed by atoms with E-state index < -0.39 is 20.0 Å². The largest absolute Gasteiger partial charge is 0.485 e. The molecule has 0 aliphatic carbocycles. The molecule has 0 spiro atoms. The minimum atomic E-state index is -4.04. The van der Waals surface area contributed by atoms with E-state index >= 15 is 0 Å². The maximum atomic E-state index is 12.5. The van der Waals surface area contributed by atoms with Gasteiger partial charge in [-0.15, -0.1) is 0 Å². The molecule has 0 amide bonds. The maximum absolute atomic E-state index is 12.5. The van der Waals surface area contributed by atoms with Gasteiger partial charge in [-0.05, 0) is 41.3 Å². The maximum Gasteiger partial charge on any atom is 0.240 e. The molecule has 1 unspecified atom stereocenters. The van der Waals surface area contributed by atoms with Gasteiger partial charge in [0.2, 0.25) is 20.0 Å². The molecule has 1 aliphatic heterocycles. The summed E-state index contributed by atoms with van der Waals surface area (Å²) in [6, 6.07) is 21.2. The molecule has 31 heavy (non-hydrogen) atoms. The topological polar surface area (TPSA) is 116 Å². The third-order valence-electron chi connectivity index (χ3n) is 5.12. The van der Waals surface area contributed by atoms with E-state index in [0.29, 0.717) is 0 Å². The summed E-state index contributed by atoms with van der Waals surface area (Å²) >= 11 is 0. The van der Waals surface area contributed by atoms with Crippen molar-refractivity contribution in [3.63, 3.8) is 0 Å². The summed E-state index contributed by atoms with van der Waals surface area (Å²) in [5, 5.41) is 5.16. The number of aryl methyl sites for hydroxylation is 1. The summed E-state index contributed by atoms with van der Waals surface area (Å²) in [7, 11) is -7.82. The normalized spacial score (nSPS) is 15.8. The Kier molecular flexibility index (Phi) is 5.74. The number of benzene rings is 3. The molecular formula is C22H22N2O5S2. The van der Waals surface area contributed by atoms with Crippen molar-refractivity contribution in [2.45, 2.75) is 23.8 Å². The van der Waals surface area contributed by atoms with E-state index in [1.165, 1.54) is 29.8 Å². The number of nitrogens with two attached hydrogens (primary N) is 1. The molecule has 4 rings (SSSR count). The quantitative estimate of drug-likeness (QED) is 0.565. The highest BCUT2D eigenvalue weighted by Gasteiger charge is 2.24. The molecule has 1 heterocycles. The molecule has 0 saturated heterocycles. The van der Waals surface area contributed by atoms with Crippen LogP contribution in [0.4, 0.5) is 5.69 Å². The molecule has 1 aliphatic rings. The number of para-hydroxylation sites is 2. The van der Waals surface area contributed by atoms with Crippen LogP contribution in [-0.4, -0.2) is 22.6 Å². The first-order chi connectivity index (χ1) is 14.7. The smallest absolute Gasteiger partial charge is 0.240 e. The Morgan fingerprint density at radius 2 is 1.58 bits per heavy atom. The standard InChI is InChI=1S/C22H22N2O5S2/c23-31(27,28)22-8-4-2-6-19(22)24-30(25,26)14-13-16-9-11-17(12-10-16)21-15-18-5-1-3-7-20(18)29-21/h1-12,21,24H,13-15H2,(H2,23,27,28). The minimum absolute atomic E-state index is 0.0495. The average Bonchev–Trinajstić information content (AvgIpc) is 3.16. The molecule has 9 heteroatoms. The zero-order valence-corrected chi connectivity index (χ0v) is 18.2. The van der Waals surface area contributed by atoms with Crippen LogP contribution >= 0.6 is 0 Å². The number of nitrogens with one attached hydrogen (secondary N) is 1.